The van der Waals surface area contributed by atoms with Gasteiger partial charge in [-0.25, -0.2) is 0 Å². The first-order valence-electron chi connectivity index (χ1n) is 7.27. The summed E-state index contributed by atoms with van der Waals surface area (Å²) in [5.74, 6) is -0.0330. The van der Waals surface area contributed by atoms with E-state index in [-0.39, 0.29) is 18.4 Å². The molecule has 2 N–H and O–H groups in total. The maximum atomic E-state index is 12.3. The Labute approximate surface area is 129 Å². The van der Waals surface area contributed by atoms with Gasteiger partial charge < -0.3 is 15.4 Å². The number of amides is 2. The molecule has 0 aromatic heterocycles. The maximum Gasteiger partial charge on any atom is 0.255 e. The molecule has 22 heavy (non-hydrogen) atoms. The molecule has 0 bridgehead atoms. The largest absolute Gasteiger partial charge is 0.496 e. The van der Waals surface area contributed by atoms with E-state index in [1.165, 1.54) is 7.11 Å². The first-order valence-corrected chi connectivity index (χ1v) is 7.27. The van der Waals surface area contributed by atoms with Crippen LogP contribution in [0.4, 0.5) is 0 Å². The predicted molar refractivity (Wildman–Crippen MR) is 86.1 cm³/mol. The molecule has 0 heterocycles. The molecule has 2 aromatic rings. The molecule has 0 fully saturated rings. The van der Waals surface area contributed by atoms with E-state index in [1.807, 2.05) is 37.3 Å². The van der Waals surface area contributed by atoms with Crippen LogP contribution in [-0.2, 0) is 4.79 Å². The van der Waals surface area contributed by atoms with Gasteiger partial charge in [0, 0.05) is 6.54 Å². The number of benzene rings is 2. The van der Waals surface area contributed by atoms with E-state index in [0.29, 0.717) is 17.9 Å². The molecule has 5 nitrogen and oxygen atoms in total. The van der Waals surface area contributed by atoms with Crippen molar-refractivity contribution in [3.05, 3.63) is 42.0 Å². The fraction of sp³-hybridized carbons (Fsp3) is 0.294. The van der Waals surface area contributed by atoms with Crippen molar-refractivity contribution in [3.8, 4) is 5.75 Å². The van der Waals surface area contributed by atoms with Gasteiger partial charge in [0.1, 0.15) is 5.75 Å². The third kappa shape index (κ3) is 3.75. The van der Waals surface area contributed by atoms with Crippen molar-refractivity contribution in [1.29, 1.82) is 0 Å². The minimum Gasteiger partial charge on any atom is -0.496 e. The third-order valence-electron chi connectivity index (χ3n) is 3.29. The molecule has 0 radical (unpaired) electrons. The van der Waals surface area contributed by atoms with Crippen molar-refractivity contribution in [1.82, 2.24) is 10.6 Å². The fourth-order valence-corrected chi connectivity index (χ4v) is 2.15. The Morgan fingerprint density at radius 1 is 1.09 bits per heavy atom. The van der Waals surface area contributed by atoms with E-state index in [4.69, 9.17) is 4.74 Å². The van der Waals surface area contributed by atoms with E-state index >= 15 is 0 Å². The third-order valence-corrected chi connectivity index (χ3v) is 3.29. The van der Waals surface area contributed by atoms with Crippen LogP contribution in [0.25, 0.3) is 10.8 Å². The van der Waals surface area contributed by atoms with Crippen LogP contribution in [0.2, 0.25) is 0 Å². The summed E-state index contributed by atoms with van der Waals surface area (Å²) in [7, 11) is 1.52. The molecule has 0 aliphatic carbocycles. The second-order valence-corrected chi connectivity index (χ2v) is 4.93. The van der Waals surface area contributed by atoms with Gasteiger partial charge in [0.05, 0.1) is 19.2 Å². The number of carbonyl (C=O) groups excluding carboxylic acids is 2. The molecule has 0 atom stereocenters. The Morgan fingerprint density at radius 3 is 2.41 bits per heavy atom. The van der Waals surface area contributed by atoms with Gasteiger partial charge in [-0.05, 0) is 29.3 Å². The van der Waals surface area contributed by atoms with Crippen LogP contribution in [0.5, 0.6) is 5.75 Å². The molecule has 0 saturated carbocycles. The van der Waals surface area contributed by atoms with Gasteiger partial charge in [0.15, 0.2) is 0 Å². The number of hydrogen-bond acceptors (Lipinski definition) is 3. The molecule has 0 unspecified atom stereocenters. The number of ether oxygens (including phenoxy) is 1. The monoisotopic (exact) mass is 300 g/mol. The molecule has 5 heteroatoms. The first-order chi connectivity index (χ1) is 10.7. The second kappa shape index (κ2) is 7.45. The lowest BCUT2D eigenvalue weighted by molar-refractivity contribution is -0.120. The number of nitrogens with one attached hydrogen (secondary N) is 2. The molecule has 0 saturated heterocycles. The van der Waals surface area contributed by atoms with E-state index in [9.17, 15) is 9.59 Å². The molecular weight excluding hydrogens is 280 g/mol. The highest BCUT2D eigenvalue weighted by Gasteiger charge is 2.14. The standard InChI is InChI=1S/C17H20N2O3/c1-3-8-18-16(20)11-19-17(21)14-9-12-6-4-5-7-13(12)10-15(14)22-2/h4-7,9-10H,3,8,11H2,1-2H3,(H,18,20)(H,19,21). The Balaban J connectivity index is 2.14. The molecular formula is C17H20N2O3. The van der Waals surface area contributed by atoms with Crippen LogP contribution in [0.1, 0.15) is 23.7 Å². The smallest absolute Gasteiger partial charge is 0.255 e. The van der Waals surface area contributed by atoms with Crippen molar-refractivity contribution >= 4 is 22.6 Å². The summed E-state index contributed by atoms with van der Waals surface area (Å²) in [5, 5.41) is 7.27. The van der Waals surface area contributed by atoms with Gasteiger partial charge in [-0.1, -0.05) is 31.2 Å². The van der Waals surface area contributed by atoms with Crippen molar-refractivity contribution in [2.24, 2.45) is 0 Å². The van der Waals surface area contributed by atoms with Gasteiger partial charge in [0.25, 0.3) is 5.91 Å². The Hall–Kier alpha value is -2.56. The highest BCUT2D eigenvalue weighted by atomic mass is 16.5. The predicted octanol–water partition coefficient (Wildman–Crippen LogP) is 2.10. The van der Waals surface area contributed by atoms with Crippen LogP contribution < -0.4 is 15.4 Å². The molecule has 2 amide bonds. The fourth-order valence-electron chi connectivity index (χ4n) is 2.15. The SMILES string of the molecule is CCCNC(=O)CNC(=O)c1cc2ccccc2cc1OC. The van der Waals surface area contributed by atoms with Crippen LogP contribution >= 0.6 is 0 Å². The normalized spacial score (nSPS) is 10.3. The number of fused-ring (bicyclic) bond motifs is 1. The zero-order valence-corrected chi connectivity index (χ0v) is 12.8. The van der Waals surface area contributed by atoms with Crippen LogP contribution in [0.3, 0.4) is 0 Å². The lowest BCUT2D eigenvalue weighted by Gasteiger charge is -2.11. The van der Waals surface area contributed by atoms with E-state index < -0.39 is 0 Å². The van der Waals surface area contributed by atoms with Crippen molar-refractivity contribution < 1.29 is 14.3 Å². The average Bonchev–Trinajstić information content (AvgIpc) is 2.56. The summed E-state index contributed by atoms with van der Waals surface area (Å²) in [5.41, 5.74) is 0.421. The quantitative estimate of drug-likeness (QED) is 0.858. The Bertz CT molecular complexity index is 683. The lowest BCUT2D eigenvalue weighted by Crippen LogP contribution is -2.37. The van der Waals surface area contributed by atoms with Crippen LogP contribution in [0.15, 0.2) is 36.4 Å². The molecule has 0 aliphatic rings. The lowest BCUT2D eigenvalue weighted by atomic mass is 10.1. The Morgan fingerprint density at radius 2 is 1.77 bits per heavy atom. The zero-order chi connectivity index (χ0) is 15.9. The highest BCUT2D eigenvalue weighted by molar-refractivity contribution is 6.02. The topological polar surface area (TPSA) is 67.4 Å². The maximum absolute atomic E-state index is 12.3. The summed E-state index contributed by atoms with van der Waals surface area (Å²) < 4.78 is 5.28. The first kappa shape index (κ1) is 15.8. The second-order valence-electron chi connectivity index (χ2n) is 4.93. The summed E-state index contributed by atoms with van der Waals surface area (Å²) in [4.78, 5) is 23.8. The van der Waals surface area contributed by atoms with Gasteiger partial charge in [0.2, 0.25) is 5.91 Å². The number of carbonyl (C=O) groups is 2. The van der Waals surface area contributed by atoms with Crippen molar-refractivity contribution in [2.75, 3.05) is 20.2 Å². The minimum absolute atomic E-state index is 0.0468. The van der Waals surface area contributed by atoms with Gasteiger partial charge in [-0.3, -0.25) is 9.59 Å². The van der Waals surface area contributed by atoms with Crippen molar-refractivity contribution in [2.45, 2.75) is 13.3 Å². The van der Waals surface area contributed by atoms with Crippen LogP contribution in [0, 0.1) is 0 Å². The van der Waals surface area contributed by atoms with Gasteiger partial charge >= 0.3 is 0 Å². The zero-order valence-electron chi connectivity index (χ0n) is 12.8. The number of methoxy groups -OCH3 is 1. The summed E-state index contributed by atoms with van der Waals surface area (Å²) in [6.45, 7) is 2.53. The molecule has 2 aromatic carbocycles. The summed E-state index contributed by atoms with van der Waals surface area (Å²) >= 11 is 0. The van der Waals surface area contributed by atoms with E-state index in [2.05, 4.69) is 10.6 Å². The number of rotatable bonds is 6. The molecule has 2 rings (SSSR count). The van der Waals surface area contributed by atoms with E-state index in [1.54, 1.807) is 6.07 Å². The highest BCUT2D eigenvalue weighted by Crippen LogP contribution is 2.25. The molecule has 0 spiro atoms. The minimum atomic E-state index is -0.325. The average molecular weight is 300 g/mol. The Kier molecular flexibility index (Phi) is 5.36. The molecule has 0 aliphatic heterocycles. The van der Waals surface area contributed by atoms with Gasteiger partial charge in [-0.15, -0.1) is 0 Å². The van der Waals surface area contributed by atoms with Crippen molar-refractivity contribution in [3.63, 3.8) is 0 Å². The van der Waals surface area contributed by atoms with Crippen LogP contribution in [-0.4, -0.2) is 32.0 Å². The summed E-state index contributed by atoms with van der Waals surface area (Å²) in [6.07, 6.45) is 0.859. The molecule has 116 valence electrons. The van der Waals surface area contributed by atoms with Gasteiger partial charge in [-0.2, -0.15) is 0 Å². The van der Waals surface area contributed by atoms with E-state index in [0.717, 1.165) is 17.2 Å². The summed E-state index contributed by atoms with van der Waals surface area (Å²) in [6, 6.07) is 11.3. The number of hydrogen-bond donors (Lipinski definition) is 2.